The Balaban J connectivity index is 2.42. The van der Waals surface area contributed by atoms with Gasteiger partial charge >= 0.3 is 0 Å². The highest BCUT2D eigenvalue weighted by molar-refractivity contribution is 5.46. The van der Waals surface area contributed by atoms with E-state index < -0.39 is 0 Å². The molecule has 0 aromatic heterocycles. The molecular weight excluding hydrogens is 181 g/mol. The van der Waals surface area contributed by atoms with E-state index in [0.29, 0.717) is 6.54 Å². The summed E-state index contributed by atoms with van der Waals surface area (Å²) in [5.74, 6) is 0.859. The molecule has 0 heterocycles. The van der Waals surface area contributed by atoms with E-state index in [1.54, 1.807) is 0 Å². The Labute approximate surface area is 84.1 Å². The fraction of sp³-hybridized carbons (Fsp3) is 0.455. The lowest BCUT2D eigenvalue weighted by molar-refractivity contribution is 0.317. The van der Waals surface area contributed by atoms with E-state index in [-0.39, 0.29) is 6.67 Å². The standard InChI is InChI=1S/C11H16FNO/c1-2-9-14-11-5-3-10(4-6-11)13-8-7-12/h3-6,13H,2,7-9H2,1H3. The molecular formula is C11H16FNO. The second-order valence-corrected chi connectivity index (χ2v) is 2.99. The zero-order chi connectivity index (χ0) is 10.2. The number of ether oxygens (including phenoxy) is 1. The molecule has 0 fully saturated rings. The molecule has 0 atom stereocenters. The molecule has 0 aliphatic carbocycles. The van der Waals surface area contributed by atoms with E-state index in [4.69, 9.17) is 4.74 Å². The van der Waals surface area contributed by atoms with Crippen LogP contribution in [-0.4, -0.2) is 19.8 Å². The zero-order valence-electron chi connectivity index (χ0n) is 8.42. The maximum atomic E-state index is 11.8. The third kappa shape index (κ3) is 3.64. The molecule has 0 spiro atoms. The molecule has 0 bridgehead atoms. The molecule has 1 rings (SSSR count). The summed E-state index contributed by atoms with van der Waals surface area (Å²) in [5.41, 5.74) is 0.923. The van der Waals surface area contributed by atoms with Crippen LogP contribution in [0.15, 0.2) is 24.3 Å². The van der Waals surface area contributed by atoms with Crippen LogP contribution in [0.1, 0.15) is 13.3 Å². The average Bonchev–Trinajstić information content (AvgIpc) is 2.25. The fourth-order valence-electron chi connectivity index (χ4n) is 1.08. The van der Waals surface area contributed by atoms with Crippen LogP contribution >= 0.6 is 0 Å². The van der Waals surface area contributed by atoms with Gasteiger partial charge in [0.1, 0.15) is 12.4 Å². The number of hydrogen-bond acceptors (Lipinski definition) is 2. The largest absolute Gasteiger partial charge is 0.494 e. The Kier molecular flexibility index (Phi) is 4.83. The summed E-state index contributed by atoms with van der Waals surface area (Å²) in [4.78, 5) is 0. The highest BCUT2D eigenvalue weighted by Gasteiger charge is 1.93. The lowest BCUT2D eigenvalue weighted by Gasteiger charge is -2.06. The van der Waals surface area contributed by atoms with Crippen LogP contribution < -0.4 is 10.1 Å². The number of halogens is 1. The minimum Gasteiger partial charge on any atom is -0.494 e. The van der Waals surface area contributed by atoms with E-state index >= 15 is 0 Å². The maximum absolute atomic E-state index is 11.8. The second-order valence-electron chi connectivity index (χ2n) is 2.99. The normalized spacial score (nSPS) is 9.86. The van der Waals surface area contributed by atoms with Gasteiger partial charge in [0.05, 0.1) is 6.61 Å². The smallest absolute Gasteiger partial charge is 0.119 e. The predicted molar refractivity (Wildman–Crippen MR) is 56.7 cm³/mol. The van der Waals surface area contributed by atoms with Gasteiger partial charge in [-0.1, -0.05) is 6.92 Å². The third-order valence-electron chi connectivity index (χ3n) is 1.75. The summed E-state index contributed by atoms with van der Waals surface area (Å²) in [5, 5.41) is 2.95. The summed E-state index contributed by atoms with van der Waals surface area (Å²) in [6.07, 6.45) is 1.00. The van der Waals surface area contributed by atoms with Gasteiger partial charge in [-0.3, -0.25) is 0 Å². The highest BCUT2D eigenvalue weighted by atomic mass is 19.1. The van der Waals surface area contributed by atoms with Gasteiger partial charge in [-0.15, -0.1) is 0 Å². The van der Waals surface area contributed by atoms with E-state index in [1.807, 2.05) is 24.3 Å². The third-order valence-corrected chi connectivity index (χ3v) is 1.75. The minimum atomic E-state index is -0.353. The van der Waals surface area contributed by atoms with Crippen LogP contribution in [0, 0.1) is 0 Å². The Hall–Kier alpha value is -1.25. The van der Waals surface area contributed by atoms with Crippen molar-refractivity contribution in [3.8, 4) is 5.75 Å². The Morgan fingerprint density at radius 1 is 1.29 bits per heavy atom. The Bertz CT molecular complexity index is 221. The quantitative estimate of drug-likeness (QED) is 0.757. The lowest BCUT2D eigenvalue weighted by atomic mass is 10.3. The lowest BCUT2D eigenvalue weighted by Crippen LogP contribution is -2.02. The first kappa shape index (κ1) is 10.8. The van der Waals surface area contributed by atoms with Gasteiger partial charge in [0.25, 0.3) is 0 Å². The molecule has 2 nitrogen and oxygen atoms in total. The van der Waals surface area contributed by atoms with E-state index in [2.05, 4.69) is 12.2 Å². The summed E-state index contributed by atoms with van der Waals surface area (Å²) in [7, 11) is 0. The Morgan fingerprint density at radius 3 is 2.57 bits per heavy atom. The fourth-order valence-corrected chi connectivity index (χ4v) is 1.08. The average molecular weight is 197 g/mol. The van der Waals surface area contributed by atoms with Gasteiger partial charge in [-0.2, -0.15) is 0 Å². The van der Waals surface area contributed by atoms with Crippen molar-refractivity contribution in [1.29, 1.82) is 0 Å². The van der Waals surface area contributed by atoms with Gasteiger partial charge < -0.3 is 10.1 Å². The topological polar surface area (TPSA) is 21.3 Å². The predicted octanol–water partition coefficient (Wildman–Crippen LogP) is 2.86. The molecule has 0 saturated heterocycles. The second kappa shape index (κ2) is 6.24. The number of alkyl halides is 1. The molecule has 1 N–H and O–H groups in total. The molecule has 0 aliphatic heterocycles. The van der Waals surface area contributed by atoms with Gasteiger partial charge in [0.15, 0.2) is 0 Å². The molecule has 1 aromatic carbocycles. The first-order valence-electron chi connectivity index (χ1n) is 4.89. The van der Waals surface area contributed by atoms with Gasteiger partial charge in [-0.05, 0) is 30.7 Å². The van der Waals surface area contributed by atoms with Gasteiger partial charge in [0.2, 0.25) is 0 Å². The number of nitrogens with one attached hydrogen (secondary N) is 1. The van der Waals surface area contributed by atoms with Crippen LogP contribution in [0.3, 0.4) is 0 Å². The van der Waals surface area contributed by atoms with Crippen molar-refractivity contribution in [2.75, 3.05) is 25.1 Å². The van der Waals surface area contributed by atoms with Crippen LogP contribution in [0.2, 0.25) is 0 Å². The highest BCUT2D eigenvalue weighted by Crippen LogP contribution is 2.15. The van der Waals surface area contributed by atoms with Crippen molar-refractivity contribution in [2.45, 2.75) is 13.3 Å². The zero-order valence-corrected chi connectivity index (χ0v) is 8.42. The SMILES string of the molecule is CCCOc1ccc(NCCF)cc1. The number of rotatable bonds is 6. The summed E-state index contributed by atoms with van der Waals surface area (Å²) < 4.78 is 17.3. The summed E-state index contributed by atoms with van der Waals surface area (Å²) >= 11 is 0. The minimum absolute atomic E-state index is 0.353. The van der Waals surface area contributed by atoms with Crippen LogP contribution in [0.25, 0.3) is 0 Å². The summed E-state index contributed by atoms with van der Waals surface area (Å²) in [6.45, 7) is 2.80. The van der Waals surface area contributed by atoms with E-state index in [9.17, 15) is 4.39 Å². The van der Waals surface area contributed by atoms with Gasteiger partial charge in [-0.25, -0.2) is 4.39 Å². The number of benzene rings is 1. The molecule has 3 heteroatoms. The molecule has 14 heavy (non-hydrogen) atoms. The van der Waals surface area contributed by atoms with Crippen LogP contribution in [0.4, 0.5) is 10.1 Å². The van der Waals surface area contributed by atoms with Crippen molar-refractivity contribution < 1.29 is 9.13 Å². The van der Waals surface area contributed by atoms with Crippen molar-refractivity contribution in [3.63, 3.8) is 0 Å². The molecule has 1 aromatic rings. The van der Waals surface area contributed by atoms with E-state index in [1.165, 1.54) is 0 Å². The molecule has 0 aliphatic rings. The Morgan fingerprint density at radius 2 is 2.00 bits per heavy atom. The monoisotopic (exact) mass is 197 g/mol. The molecule has 0 saturated carbocycles. The van der Waals surface area contributed by atoms with Gasteiger partial charge in [0, 0.05) is 12.2 Å². The molecule has 0 unspecified atom stereocenters. The van der Waals surface area contributed by atoms with Crippen molar-refractivity contribution in [2.24, 2.45) is 0 Å². The first-order valence-corrected chi connectivity index (χ1v) is 4.89. The van der Waals surface area contributed by atoms with Crippen molar-refractivity contribution in [3.05, 3.63) is 24.3 Å². The number of hydrogen-bond donors (Lipinski definition) is 1. The number of anilines is 1. The first-order chi connectivity index (χ1) is 6.86. The van der Waals surface area contributed by atoms with Crippen molar-refractivity contribution >= 4 is 5.69 Å². The molecule has 0 radical (unpaired) electrons. The maximum Gasteiger partial charge on any atom is 0.119 e. The van der Waals surface area contributed by atoms with Crippen LogP contribution in [-0.2, 0) is 0 Å². The van der Waals surface area contributed by atoms with Crippen molar-refractivity contribution in [1.82, 2.24) is 0 Å². The van der Waals surface area contributed by atoms with Crippen LogP contribution in [0.5, 0.6) is 5.75 Å². The summed E-state index contributed by atoms with van der Waals surface area (Å²) in [6, 6.07) is 7.55. The molecule has 78 valence electrons. The van der Waals surface area contributed by atoms with E-state index in [0.717, 1.165) is 24.5 Å². The molecule has 0 amide bonds.